The summed E-state index contributed by atoms with van der Waals surface area (Å²) in [5, 5.41) is 6.77. The number of halogens is 1. The fraction of sp³-hybridized carbons (Fsp3) is 0.600. The summed E-state index contributed by atoms with van der Waals surface area (Å²) in [6.07, 6.45) is 2.51. The van der Waals surface area contributed by atoms with E-state index >= 15 is 0 Å². The second kappa shape index (κ2) is 12.8. The van der Waals surface area contributed by atoms with Crippen molar-refractivity contribution in [3.8, 4) is 5.75 Å². The van der Waals surface area contributed by atoms with Crippen LogP contribution in [-0.4, -0.2) is 75.1 Å². The van der Waals surface area contributed by atoms with Crippen molar-refractivity contribution in [3.63, 3.8) is 0 Å². The quantitative estimate of drug-likeness (QED) is 0.323. The summed E-state index contributed by atoms with van der Waals surface area (Å²) in [7, 11) is 5.22. The Kier molecular flexibility index (Phi) is 11.2. The lowest BCUT2D eigenvalue weighted by molar-refractivity contribution is -0.130. The summed E-state index contributed by atoms with van der Waals surface area (Å²) in [5.74, 6) is 1.43. The summed E-state index contributed by atoms with van der Waals surface area (Å²) in [6.45, 7) is 6.10. The van der Waals surface area contributed by atoms with Crippen LogP contribution in [0.2, 0.25) is 0 Å². The highest BCUT2D eigenvalue weighted by Gasteiger charge is 2.22. The van der Waals surface area contributed by atoms with E-state index < -0.39 is 0 Å². The zero-order valence-electron chi connectivity index (χ0n) is 17.4. The van der Waals surface area contributed by atoms with Gasteiger partial charge in [-0.2, -0.15) is 0 Å². The Bertz CT molecular complexity index is 639. The van der Waals surface area contributed by atoms with Crippen molar-refractivity contribution in [2.45, 2.75) is 32.4 Å². The molecule has 2 N–H and O–H groups in total. The van der Waals surface area contributed by atoms with E-state index in [1.165, 1.54) is 24.3 Å². The Morgan fingerprint density at radius 3 is 2.82 bits per heavy atom. The van der Waals surface area contributed by atoms with Gasteiger partial charge in [-0.05, 0) is 43.6 Å². The molecule has 1 saturated heterocycles. The van der Waals surface area contributed by atoms with Crippen molar-refractivity contribution >= 4 is 35.8 Å². The number of hydrogen-bond acceptors (Lipinski definition) is 4. The number of likely N-dealkylation sites (tertiary alicyclic amines) is 1. The minimum atomic E-state index is -0.0591. The first kappa shape index (κ1) is 24.5. The summed E-state index contributed by atoms with van der Waals surface area (Å²) < 4.78 is 5.57. The molecule has 1 aromatic carbocycles. The summed E-state index contributed by atoms with van der Waals surface area (Å²) >= 11 is 0. The van der Waals surface area contributed by atoms with Crippen LogP contribution in [0.25, 0.3) is 0 Å². The third kappa shape index (κ3) is 7.83. The van der Waals surface area contributed by atoms with Gasteiger partial charge in [0.1, 0.15) is 5.75 Å². The van der Waals surface area contributed by atoms with Crippen LogP contribution in [0.3, 0.4) is 0 Å². The second-order valence-electron chi connectivity index (χ2n) is 6.96. The third-order valence-corrected chi connectivity index (χ3v) is 4.85. The maximum absolute atomic E-state index is 11.6. The van der Waals surface area contributed by atoms with Crippen molar-refractivity contribution in [2.24, 2.45) is 4.99 Å². The number of carbonyl (C=O) groups is 1. The van der Waals surface area contributed by atoms with E-state index in [-0.39, 0.29) is 36.5 Å². The fourth-order valence-corrected chi connectivity index (χ4v) is 3.18. The van der Waals surface area contributed by atoms with Gasteiger partial charge in [-0.1, -0.05) is 19.1 Å². The molecule has 2 rings (SSSR count). The van der Waals surface area contributed by atoms with Crippen LogP contribution >= 0.6 is 24.0 Å². The molecule has 0 saturated carbocycles. The van der Waals surface area contributed by atoms with E-state index in [1.54, 1.807) is 21.1 Å². The van der Waals surface area contributed by atoms with E-state index in [0.29, 0.717) is 18.3 Å². The van der Waals surface area contributed by atoms with Gasteiger partial charge >= 0.3 is 0 Å². The van der Waals surface area contributed by atoms with Crippen molar-refractivity contribution in [2.75, 3.05) is 47.4 Å². The van der Waals surface area contributed by atoms with Gasteiger partial charge in [0.25, 0.3) is 5.91 Å². The van der Waals surface area contributed by atoms with E-state index in [1.807, 2.05) is 24.3 Å². The largest absolute Gasteiger partial charge is 0.484 e. The average Bonchev–Trinajstić information content (AvgIpc) is 3.14. The predicted molar refractivity (Wildman–Crippen MR) is 125 cm³/mol. The van der Waals surface area contributed by atoms with Crippen molar-refractivity contribution in [1.82, 2.24) is 20.4 Å². The first-order valence-corrected chi connectivity index (χ1v) is 9.64. The number of guanidine groups is 1. The van der Waals surface area contributed by atoms with Gasteiger partial charge in [0, 0.05) is 40.3 Å². The number of aliphatic imine (C=N–C) groups is 1. The number of carbonyl (C=O) groups excluding carboxylic acids is 1. The lowest BCUT2D eigenvalue weighted by Gasteiger charge is -2.24. The highest BCUT2D eigenvalue weighted by Crippen LogP contribution is 2.15. The Hall–Kier alpha value is -1.55. The minimum Gasteiger partial charge on any atom is -0.484 e. The van der Waals surface area contributed by atoms with Crippen molar-refractivity contribution in [1.29, 1.82) is 0 Å². The van der Waals surface area contributed by atoms with Crippen LogP contribution in [0.5, 0.6) is 5.75 Å². The minimum absolute atomic E-state index is 0. The first-order chi connectivity index (χ1) is 13.0. The molecule has 1 heterocycles. The van der Waals surface area contributed by atoms with Gasteiger partial charge in [-0.15, -0.1) is 24.0 Å². The number of nitrogens with one attached hydrogen (secondary N) is 2. The molecule has 1 aliphatic heterocycles. The zero-order valence-corrected chi connectivity index (χ0v) is 19.7. The number of nitrogens with zero attached hydrogens (tertiary/aromatic N) is 3. The van der Waals surface area contributed by atoms with Crippen LogP contribution in [0, 0.1) is 0 Å². The average molecular weight is 503 g/mol. The van der Waals surface area contributed by atoms with Gasteiger partial charge in [-0.25, -0.2) is 0 Å². The van der Waals surface area contributed by atoms with Gasteiger partial charge in [0.15, 0.2) is 12.6 Å². The molecule has 1 fully saturated rings. The van der Waals surface area contributed by atoms with Crippen LogP contribution in [-0.2, 0) is 11.3 Å². The maximum Gasteiger partial charge on any atom is 0.259 e. The fourth-order valence-electron chi connectivity index (χ4n) is 3.18. The standard InChI is InChI=1S/C20H33N5O2.HI/c1-5-25-11-7-9-17(25)14-23-20(21-2)22-13-16-8-6-10-18(12-16)27-15-19(26)24(3)4;/h6,8,10,12,17H,5,7,9,11,13-15H2,1-4H3,(H2,21,22,23);1H. The number of ether oxygens (including phenoxy) is 1. The summed E-state index contributed by atoms with van der Waals surface area (Å²) in [5.41, 5.74) is 1.07. The second-order valence-corrected chi connectivity index (χ2v) is 6.96. The topological polar surface area (TPSA) is 69.2 Å². The molecule has 1 amide bonds. The Balaban J connectivity index is 0.00000392. The number of amides is 1. The SMILES string of the molecule is CCN1CCCC1CNC(=NC)NCc1cccc(OCC(=O)N(C)C)c1.I. The first-order valence-electron chi connectivity index (χ1n) is 9.64. The highest BCUT2D eigenvalue weighted by molar-refractivity contribution is 14.0. The maximum atomic E-state index is 11.6. The molecule has 1 unspecified atom stereocenters. The van der Waals surface area contributed by atoms with Crippen LogP contribution in [0.4, 0.5) is 0 Å². The molecule has 7 nitrogen and oxygen atoms in total. The summed E-state index contributed by atoms with van der Waals surface area (Å²) in [6, 6.07) is 8.34. The lowest BCUT2D eigenvalue weighted by Crippen LogP contribution is -2.44. The normalized spacial score (nSPS) is 17.0. The van der Waals surface area contributed by atoms with Gasteiger partial charge in [-0.3, -0.25) is 14.7 Å². The molecule has 8 heteroatoms. The number of hydrogen-bond donors (Lipinski definition) is 2. The Morgan fingerprint density at radius 1 is 1.36 bits per heavy atom. The van der Waals surface area contributed by atoms with Crippen molar-refractivity contribution < 1.29 is 9.53 Å². The monoisotopic (exact) mass is 503 g/mol. The molecular weight excluding hydrogens is 469 g/mol. The molecule has 28 heavy (non-hydrogen) atoms. The molecule has 0 aromatic heterocycles. The highest BCUT2D eigenvalue weighted by atomic mass is 127. The lowest BCUT2D eigenvalue weighted by atomic mass is 10.2. The van der Waals surface area contributed by atoms with E-state index in [0.717, 1.165) is 24.6 Å². The Labute approximate surface area is 185 Å². The number of rotatable bonds is 8. The number of likely N-dealkylation sites (N-methyl/N-ethyl adjacent to an activating group) is 2. The molecule has 0 bridgehead atoms. The van der Waals surface area contributed by atoms with Crippen LogP contribution < -0.4 is 15.4 Å². The molecular formula is C20H34IN5O2. The molecule has 0 aliphatic carbocycles. The van der Waals surface area contributed by atoms with Crippen LogP contribution in [0.15, 0.2) is 29.3 Å². The van der Waals surface area contributed by atoms with Gasteiger partial charge in [0.05, 0.1) is 0 Å². The molecule has 1 aromatic rings. The molecule has 1 atom stereocenters. The third-order valence-electron chi connectivity index (χ3n) is 4.85. The molecule has 158 valence electrons. The smallest absolute Gasteiger partial charge is 0.259 e. The summed E-state index contributed by atoms with van der Waals surface area (Å²) in [4.78, 5) is 20.0. The van der Waals surface area contributed by atoms with E-state index in [9.17, 15) is 4.79 Å². The van der Waals surface area contributed by atoms with Gasteiger partial charge < -0.3 is 20.3 Å². The zero-order chi connectivity index (χ0) is 19.6. The van der Waals surface area contributed by atoms with Crippen molar-refractivity contribution in [3.05, 3.63) is 29.8 Å². The molecule has 0 radical (unpaired) electrons. The van der Waals surface area contributed by atoms with Crippen LogP contribution in [0.1, 0.15) is 25.3 Å². The number of benzene rings is 1. The van der Waals surface area contributed by atoms with Gasteiger partial charge in [0.2, 0.25) is 0 Å². The molecule has 1 aliphatic rings. The van der Waals surface area contributed by atoms with E-state index in [4.69, 9.17) is 4.74 Å². The predicted octanol–water partition coefficient (Wildman–Crippen LogP) is 1.92. The Morgan fingerprint density at radius 2 is 2.14 bits per heavy atom. The molecule has 0 spiro atoms. The van der Waals surface area contributed by atoms with E-state index in [2.05, 4.69) is 27.4 Å².